The molecular weight excluding hydrogens is 256 g/mol. The number of nitrogens with zero attached hydrogens (tertiary/aromatic N) is 1. The molecule has 0 fully saturated rings. The van der Waals surface area contributed by atoms with E-state index in [4.69, 9.17) is 4.74 Å². The standard InChI is InChI=1S/C15H16N2O3/c1-11(18)16-13-4-3-5-14(8-13)20-10-15(19)12-6-7-17(2)9-12/h3-9H,10H2,1-2H3,(H,16,18). The minimum atomic E-state index is -0.150. The molecule has 0 radical (unpaired) electrons. The number of hydrogen-bond acceptors (Lipinski definition) is 3. The smallest absolute Gasteiger partial charge is 0.221 e. The van der Waals surface area contributed by atoms with E-state index in [1.165, 1.54) is 6.92 Å². The molecule has 5 nitrogen and oxygen atoms in total. The zero-order valence-electron chi connectivity index (χ0n) is 11.4. The van der Waals surface area contributed by atoms with Gasteiger partial charge >= 0.3 is 0 Å². The van der Waals surface area contributed by atoms with Gasteiger partial charge in [0.1, 0.15) is 5.75 Å². The van der Waals surface area contributed by atoms with E-state index in [-0.39, 0.29) is 18.3 Å². The van der Waals surface area contributed by atoms with Crippen molar-refractivity contribution in [1.82, 2.24) is 4.57 Å². The van der Waals surface area contributed by atoms with Crippen molar-refractivity contribution in [3.63, 3.8) is 0 Å². The summed E-state index contributed by atoms with van der Waals surface area (Å²) in [6.45, 7) is 1.40. The fraction of sp³-hybridized carbons (Fsp3) is 0.200. The van der Waals surface area contributed by atoms with Crippen LogP contribution in [0.1, 0.15) is 17.3 Å². The van der Waals surface area contributed by atoms with Crippen LogP contribution >= 0.6 is 0 Å². The highest BCUT2D eigenvalue weighted by Gasteiger charge is 2.08. The second-order valence-corrected chi connectivity index (χ2v) is 4.49. The van der Waals surface area contributed by atoms with Crippen LogP contribution in [-0.4, -0.2) is 22.9 Å². The highest BCUT2D eigenvalue weighted by Crippen LogP contribution is 2.17. The Morgan fingerprint density at radius 3 is 2.75 bits per heavy atom. The lowest BCUT2D eigenvalue weighted by Gasteiger charge is -2.07. The SMILES string of the molecule is CC(=O)Nc1cccc(OCC(=O)c2ccn(C)c2)c1. The van der Waals surface area contributed by atoms with Crippen molar-refractivity contribution in [3.8, 4) is 5.75 Å². The first-order valence-electron chi connectivity index (χ1n) is 6.20. The lowest BCUT2D eigenvalue weighted by molar-refractivity contribution is -0.114. The Bertz CT molecular complexity index is 632. The van der Waals surface area contributed by atoms with Crippen LogP contribution in [0, 0.1) is 0 Å². The van der Waals surface area contributed by atoms with E-state index in [1.54, 1.807) is 36.5 Å². The van der Waals surface area contributed by atoms with Gasteiger partial charge in [-0.25, -0.2) is 0 Å². The molecule has 0 saturated heterocycles. The van der Waals surface area contributed by atoms with Crippen LogP contribution in [-0.2, 0) is 11.8 Å². The predicted molar refractivity (Wildman–Crippen MR) is 76.0 cm³/mol. The van der Waals surface area contributed by atoms with Gasteiger partial charge in [-0.15, -0.1) is 0 Å². The molecule has 1 N–H and O–H groups in total. The van der Waals surface area contributed by atoms with E-state index in [1.807, 2.05) is 17.8 Å². The maximum absolute atomic E-state index is 11.9. The van der Waals surface area contributed by atoms with Gasteiger partial charge in [0.25, 0.3) is 0 Å². The van der Waals surface area contributed by atoms with Crippen LogP contribution in [0.15, 0.2) is 42.7 Å². The second kappa shape index (κ2) is 6.06. The number of hydrogen-bond donors (Lipinski definition) is 1. The lowest BCUT2D eigenvalue weighted by atomic mass is 10.2. The van der Waals surface area contributed by atoms with Crippen molar-refractivity contribution in [2.24, 2.45) is 7.05 Å². The number of carbonyl (C=O) groups excluding carboxylic acids is 2. The summed E-state index contributed by atoms with van der Waals surface area (Å²) < 4.78 is 7.25. The molecule has 0 saturated carbocycles. The largest absolute Gasteiger partial charge is 0.485 e. The van der Waals surface area contributed by atoms with Crippen molar-refractivity contribution in [2.75, 3.05) is 11.9 Å². The summed E-state index contributed by atoms with van der Waals surface area (Å²) in [5.74, 6) is 0.304. The predicted octanol–water partition coefficient (Wildman–Crippen LogP) is 2.25. The molecule has 0 atom stereocenters. The van der Waals surface area contributed by atoms with Crippen LogP contribution in [0.25, 0.3) is 0 Å². The van der Waals surface area contributed by atoms with Gasteiger partial charge in [0.2, 0.25) is 11.7 Å². The van der Waals surface area contributed by atoms with Crippen LogP contribution in [0.2, 0.25) is 0 Å². The number of ketones is 1. The Labute approximate surface area is 117 Å². The summed E-state index contributed by atoms with van der Waals surface area (Å²) in [4.78, 5) is 22.9. The van der Waals surface area contributed by atoms with Gasteiger partial charge in [-0.3, -0.25) is 9.59 Å². The van der Waals surface area contributed by atoms with Crippen molar-refractivity contribution in [3.05, 3.63) is 48.3 Å². The van der Waals surface area contributed by atoms with E-state index >= 15 is 0 Å². The average Bonchev–Trinajstić information content (AvgIpc) is 2.82. The number of amides is 1. The molecule has 0 bridgehead atoms. The summed E-state index contributed by atoms with van der Waals surface area (Å²) >= 11 is 0. The van der Waals surface area contributed by atoms with E-state index in [0.29, 0.717) is 17.0 Å². The molecule has 1 aromatic heterocycles. The van der Waals surface area contributed by atoms with Gasteiger partial charge in [0.05, 0.1) is 0 Å². The molecular formula is C15H16N2O3. The Kier molecular flexibility index (Phi) is 4.20. The molecule has 2 rings (SSSR count). The quantitative estimate of drug-likeness (QED) is 0.849. The Balaban J connectivity index is 1.97. The number of ether oxygens (including phenoxy) is 1. The van der Waals surface area contributed by atoms with E-state index in [0.717, 1.165) is 0 Å². The minimum Gasteiger partial charge on any atom is -0.485 e. The van der Waals surface area contributed by atoms with E-state index in [9.17, 15) is 9.59 Å². The number of benzene rings is 1. The van der Waals surface area contributed by atoms with Crippen molar-refractivity contribution < 1.29 is 14.3 Å². The monoisotopic (exact) mass is 272 g/mol. The number of nitrogens with one attached hydrogen (secondary N) is 1. The second-order valence-electron chi connectivity index (χ2n) is 4.49. The van der Waals surface area contributed by atoms with Crippen LogP contribution < -0.4 is 10.1 Å². The molecule has 0 spiro atoms. The molecule has 0 aliphatic rings. The molecule has 1 heterocycles. The first-order valence-corrected chi connectivity index (χ1v) is 6.20. The van der Waals surface area contributed by atoms with Crippen molar-refractivity contribution >= 4 is 17.4 Å². The molecule has 5 heteroatoms. The highest BCUT2D eigenvalue weighted by atomic mass is 16.5. The van der Waals surface area contributed by atoms with Crippen LogP contribution in [0.5, 0.6) is 5.75 Å². The van der Waals surface area contributed by atoms with Crippen molar-refractivity contribution in [1.29, 1.82) is 0 Å². The molecule has 1 amide bonds. The summed E-state index contributed by atoms with van der Waals surface area (Å²) in [5.41, 5.74) is 1.26. The zero-order valence-corrected chi connectivity index (χ0v) is 11.4. The fourth-order valence-electron chi connectivity index (χ4n) is 1.77. The van der Waals surface area contributed by atoms with Gasteiger partial charge in [-0.2, -0.15) is 0 Å². The molecule has 0 aliphatic carbocycles. The average molecular weight is 272 g/mol. The number of Topliss-reactive ketones (excluding diaryl/α,β-unsaturated/α-hetero) is 1. The Morgan fingerprint density at radius 2 is 2.10 bits per heavy atom. The maximum atomic E-state index is 11.9. The minimum absolute atomic E-state index is 0.0342. The number of rotatable bonds is 5. The molecule has 2 aromatic rings. The van der Waals surface area contributed by atoms with Gasteiger partial charge in [0, 0.05) is 43.7 Å². The summed E-state index contributed by atoms with van der Waals surface area (Å²) in [5, 5.41) is 2.66. The molecule has 0 aliphatic heterocycles. The number of carbonyl (C=O) groups is 2. The first-order chi connectivity index (χ1) is 9.54. The molecule has 1 aromatic carbocycles. The Hall–Kier alpha value is -2.56. The molecule has 0 unspecified atom stereocenters. The van der Waals surface area contributed by atoms with Crippen LogP contribution in [0.4, 0.5) is 5.69 Å². The fourth-order valence-corrected chi connectivity index (χ4v) is 1.77. The van der Waals surface area contributed by atoms with E-state index in [2.05, 4.69) is 5.32 Å². The summed E-state index contributed by atoms with van der Waals surface area (Å²) in [6.07, 6.45) is 3.56. The highest BCUT2D eigenvalue weighted by molar-refractivity contribution is 5.97. The third-order valence-electron chi connectivity index (χ3n) is 2.68. The maximum Gasteiger partial charge on any atom is 0.221 e. The van der Waals surface area contributed by atoms with Crippen molar-refractivity contribution in [2.45, 2.75) is 6.92 Å². The summed E-state index contributed by atoms with van der Waals surface area (Å²) in [7, 11) is 1.86. The van der Waals surface area contributed by atoms with Gasteiger partial charge in [-0.05, 0) is 18.2 Å². The topological polar surface area (TPSA) is 60.3 Å². The zero-order chi connectivity index (χ0) is 14.5. The first kappa shape index (κ1) is 13.9. The molecule has 104 valence electrons. The number of aromatic nitrogens is 1. The van der Waals surface area contributed by atoms with Gasteiger partial charge in [0.15, 0.2) is 6.61 Å². The third kappa shape index (κ3) is 3.71. The van der Waals surface area contributed by atoms with Gasteiger partial charge < -0.3 is 14.6 Å². The summed E-state index contributed by atoms with van der Waals surface area (Å²) in [6, 6.07) is 8.68. The lowest BCUT2D eigenvalue weighted by Crippen LogP contribution is -2.11. The van der Waals surface area contributed by atoms with Gasteiger partial charge in [-0.1, -0.05) is 6.07 Å². The van der Waals surface area contributed by atoms with Crippen LogP contribution in [0.3, 0.4) is 0 Å². The number of aryl methyl sites for hydroxylation is 1. The third-order valence-corrected chi connectivity index (χ3v) is 2.68. The normalized spacial score (nSPS) is 10.1. The molecule has 20 heavy (non-hydrogen) atoms. The Morgan fingerprint density at radius 1 is 1.30 bits per heavy atom. The van der Waals surface area contributed by atoms with E-state index < -0.39 is 0 Å². The number of anilines is 1.